The fourth-order valence-corrected chi connectivity index (χ4v) is 5.58. The van der Waals surface area contributed by atoms with Gasteiger partial charge in [-0.3, -0.25) is 0 Å². The Hall–Kier alpha value is -0.980. The van der Waals surface area contributed by atoms with Crippen LogP contribution in [-0.2, 0) is 21.0 Å². The van der Waals surface area contributed by atoms with Crippen LogP contribution in [0.15, 0.2) is 24.3 Å². The first-order valence-corrected chi connectivity index (χ1v) is 9.80. The number of thiocarbonyl (C=S) groups is 1. The molecule has 0 aromatic heterocycles. The molecule has 0 bridgehead atoms. The molecule has 4 nitrogen and oxygen atoms in total. The molecule has 2 N–H and O–H groups in total. The Kier molecular flexibility index (Phi) is 4.94. The Morgan fingerprint density at radius 2 is 1.91 bits per heavy atom. The summed E-state index contributed by atoms with van der Waals surface area (Å²) in [5.41, 5.74) is 7.32. The van der Waals surface area contributed by atoms with E-state index in [1.54, 1.807) is 0 Å². The fourth-order valence-electron chi connectivity index (χ4n) is 3.27. The molecule has 1 aromatic carbocycles. The highest BCUT2D eigenvalue weighted by atomic mass is 32.2. The van der Waals surface area contributed by atoms with Crippen LogP contribution < -0.4 is 5.73 Å². The predicted octanol–water partition coefficient (Wildman–Crippen LogP) is 2.07. The summed E-state index contributed by atoms with van der Waals surface area (Å²) in [5, 5.41) is -0.600. The van der Waals surface area contributed by atoms with Crippen molar-refractivity contribution in [3.8, 4) is 0 Å². The van der Waals surface area contributed by atoms with E-state index >= 15 is 0 Å². The van der Waals surface area contributed by atoms with Gasteiger partial charge in [0, 0.05) is 18.8 Å². The Labute approximate surface area is 138 Å². The number of benzene rings is 1. The van der Waals surface area contributed by atoms with Gasteiger partial charge in [-0.15, -0.1) is 0 Å². The lowest BCUT2D eigenvalue weighted by Gasteiger charge is -2.16. The van der Waals surface area contributed by atoms with Crippen molar-refractivity contribution in [1.29, 1.82) is 0 Å². The molecule has 122 valence electrons. The van der Waals surface area contributed by atoms with E-state index in [4.69, 9.17) is 22.7 Å². The summed E-state index contributed by atoms with van der Waals surface area (Å²) in [7, 11) is -3.27. The van der Waals surface area contributed by atoms with E-state index in [0.717, 1.165) is 12.0 Å². The van der Waals surface area contributed by atoms with Gasteiger partial charge in [-0.1, -0.05) is 43.4 Å². The molecule has 1 aliphatic rings. The molecule has 0 unspecified atom stereocenters. The van der Waals surface area contributed by atoms with Gasteiger partial charge in [0.05, 0.1) is 22.3 Å². The van der Waals surface area contributed by atoms with Gasteiger partial charge in [-0.05, 0) is 24.5 Å². The molecule has 1 fully saturated rings. The van der Waals surface area contributed by atoms with Gasteiger partial charge in [0.2, 0.25) is 0 Å². The standard InChI is InChI=1S/C16H23NO3S2/c1-4-11-6-8-12(9-7-11)13-14(22(3,18)19)16(13,15(17)21)10-20-5-2/h6-9,13-14H,4-5,10H2,1-3H3,(H2,17,21)/t13-,14-,16+/m0/s1. The minimum absolute atomic E-state index is 0.223. The Balaban J connectivity index is 2.43. The molecular formula is C16H23NO3S2. The van der Waals surface area contributed by atoms with Crippen molar-refractivity contribution in [3.63, 3.8) is 0 Å². The summed E-state index contributed by atoms with van der Waals surface area (Å²) in [6.07, 6.45) is 2.19. The van der Waals surface area contributed by atoms with Crippen LogP contribution in [-0.4, -0.2) is 38.1 Å². The zero-order chi connectivity index (χ0) is 16.5. The summed E-state index contributed by atoms with van der Waals surface area (Å²) in [6.45, 7) is 4.70. The first-order valence-electron chi connectivity index (χ1n) is 7.44. The molecule has 0 spiro atoms. The monoisotopic (exact) mass is 341 g/mol. The maximum absolute atomic E-state index is 12.2. The summed E-state index contributed by atoms with van der Waals surface area (Å²) < 4.78 is 29.9. The quantitative estimate of drug-likeness (QED) is 0.769. The van der Waals surface area contributed by atoms with Crippen molar-refractivity contribution in [1.82, 2.24) is 0 Å². The lowest BCUT2D eigenvalue weighted by molar-refractivity contribution is 0.121. The summed E-state index contributed by atoms with van der Waals surface area (Å²) in [6, 6.07) is 8.01. The number of nitrogens with two attached hydrogens (primary N) is 1. The van der Waals surface area contributed by atoms with Crippen molar-refractivity contribution < 1.29 is 13.2 Å². The first-order chi connectivity index (χ1) is 10.3. The van der Waals surface area contributed by atoms with E-state index in [-0.39, 0.29) is 17.5 Å². The van der Waals surface area contributed by atoms with Gasteiger partial charge >= 0.3 is 0 Å². The average molecular weight is 341 g/mol. The molecule has 0 saturated heterocycles. The van der Waals surface area contributed by atoms with Crippen molar-refractivity contribution in [2.45, 2.75) is 31.4 Å². The van der Waals surface area contributed by atoms with Crippen LogP contribution in [0.1, 0.15) is 30.9 Å². The van der Waals surface area contributed by atoms with Crippen molar-refractivity contribution in [2.24, 2.45) is 11.1 Å². The van der Waals surface area contributed by atoms with Crippen LogP contribution in [0.25, 0.3) is 0 Å². The highest BCUT2D eigenvalue weighted by Crippen LogP contribution is 2.63. The van der Waals surface area contributed by atoms with Gasteiger partial charge in [0.1, 0.15) is 0 Å². The van der Waals surface area contributed by atoms with Crippen molar-refractivity contribution >= 4 is 27.0 Å². The number of aryl methyl sites for hydroxylation is 1. The van der Waals surface area contributed by atoms with Gasteiger partial charge in [-0.2, -0.15) is 0 Å². The average Bonchev–Trinajstić information content (AvgIpc) is 3.16. The molecule has 3 atom stereocenters. The summed E-state index contributed by atoms with van der Waals surface area (Å²) in [5.74, 6) is -0.225. The first kappa shape index (κ1) is 17.4. The van der Waals surface area contributed by atoms with E-state index in [9.17, 15) is 8.42 Å². The molecule has 1 aromatic rings. The lowest BCUT2D eigenvalue weighted by atomic mass is 9.98. The van der Waals surface area contributed by atoms with Gasteiger partial charge in [0.15, 0.2) is 9.84 Å². The van der Waals surface area contributed by atoms with E-state index < -0.39 is 20.5 Å². The second-order valence-electron chi connectivity index (χ2n) is 5.86. The van der Waals surface area contributed by atoms with E-state index in [1.165, 1.54) is 11.8 Å². The van der Waals surface area contributed by atoms with Crippen LogP contribution in [0.4, 0.5) is 0 Å². The van der Waals surface area contributed by atoms with Crippen LogP contribution in [0.3, 0.4) is 0 Å². The molecule has 0 amide bonds. The molecule has 22 heavy (non-hydrogen) atoms. The van der Waals surface area contributed by atoms with Crippen LogP contribution >= 0.6 is 12.2 Å². The molecule has 1 aliphatic carbocycles. The maximum atomic E-state index is 12.2. The maximum Gasteiger partial charge on any atom is 0.152 e. The van der Waals surface area contributed by atoms with Gasteiger partial charge < -0.3 is 10.5 Å². The molecule has 0 heterocycles. The van der Waals surface area contributed by atoms with Crippen LogP contribution in [0.5, 0.6) is 0 Å². The molecular weight excluding hydrogens is 318 g/mol. The second-order valence-corrected chi connectivity index (χ2v) is 8.47. The highest BCUT2D eigenvalue weighted by molar-refractivity contribution is 7.92. The SMILES string of the molecule is CCOC[C@@]1(C(N)=S)[C@@H](c2ccc(CC)cc2)[C@@H]1S(C)(=O)=O. The number of hydrogen-bond donors (Lipinski definition) is 1. The zero-order valence-electron chi connectivity index (χ0n) is 13.2. The van der Waals surface area contributed by atoms with Crippen LogP contribution in [0.2, 0.25) is 0 Å². The smallest absolute Gasteiger partial charge is 0.152 e. The fraction of sp³-hybridized carbons (Fsp3) is 0.562. The Morgan fingerprint density at radius 3 is 2.32 bits per heavy atom. The number of sulfone groups is 1. The number of ether oxygens (including phenoxy) is 1. The van der Waals surface area contributed by atoms with Gasteiger partial charge in [0.25, 0.3) is 0 Å². The molecule has 0 aliphatic heterocycles. The number of hydrogen-bond acceptors (Lipinski definition) is 4. The second kappa shape index (κ2) is 6.26. The van der Waals surface area contributed by atoms with Crippen LogP contribution in [0, 0.1) is 5.41 Å². The van der Waals surface area contributed by atoms with Crippen molar-refractivity contribution in [3.05, 3.63) is 35.4 Å². The summed E-state index contributed by atoms with van der Waals surface area (Å²) in [4.78, 5) is 0.223. The molecule has 1 saturated carbocycles. The van der Waals surface area contributed by atoms with Gasteiger partial charge in [-0.25, -0.2) is 8.42 Å². The highest BCUT2D eigenvalue weighted by Gasteiger charge is 2.71. The summed E-state index contributed by atoms with van der Waals surface area (Å²) >= 11 is 5.21. The van der Waals surface area contributed by atoms with E-state index in [1.807, 2.05) is 31.2 Å². The molecule has 6 heteroatoms. The normalized spacial score (nSPS) is 27.6. The minimum Gasteiger partial charge on any atom is -0.393 e. The lowest BCUT2D eigenvalue weighted by Crippen LogP contribution is -2.33. The van der Waals surface area contributed by atoms with E-state index in [0.29, 0.717) is 6.61 Å². The third kappa shape index (κ3) is 2.92. The minimum atomic E-state index is -3.27. The predicted molar refractivity (Wildman–Crippen MR) is 92.9 cm³/mol. The zero-order valence-corrected chi connectivity index (χ0v) is 14.8. The van der Waals surface area contributed by atoms with E-state index in [2.05, 4.69) is 6.92 Å². The van der Waals surface area contributed by atoms with Crippen molar-refractivity contribution in [2.75, 3.05) is 19.5 Å². The Bertz CT molecular complexity index is 654. The third-order valence-electron chi connectivity index (χ3n) is 4.47. The third-order valence-corrected chi connectivity index (χ3v) is 6.46. The molecule has 0 radical (unpaired) electrons. The topological polar surface area (TPSA) is 69.4 Å². The molecule has 2 rings (SSSR count). The largest absolute Gasteiger partial charge is 0.393 e. The Morgan fingerprint density at radius 1 is 1.32 bits per heavy atom. The number of rotatable bonds is 7.